The lowest BCUT2D eigenvalue weighted by atomic mass is 10.2. The van der Waals surface area contributed by atoms with Crippen LogP contribution in [-0.4, -0.2) is 39.2 Å². The standard InChI is InChI=1S/C22H17FN4O6S2/c1-34(29,30)19-5-3-2-4-18(19)21-25-26-22(33-21)24-20(28)14-6-10-16(11-7-14)27-35(31,32)17-12-8-15(23)9-13-17/h2-13,27H,1H3,(H,24,26,28). The molecule has 0 bridgehead atoms. The first-order chi connectivity index (χ1) is 16.5. The van der Waals surface area contributed by atoms with Gasteiger partial charge in [0.25, 0.3) is 21.8 Å². The average Bonchev–Trinajstić information content (AvgIpc) is 3.27. The van der Waals surface area contributed by atoms with Crippen LogP contribution >= 0.6 is 0 Å². The molecule has 35 heavy (non-hydrogen) atoms. The van der Waals surface area contributed by atoms with Crippen LogP contribution in [0.2, 0.25) is 0 Å². The van der Waals surface area contributed by atoms with Gasteiger partial charge in [0.2, 0.25) is 0 Å². The summed E-state index contributed by atoms with van der Waals surface area (Å²) in [5.74, 6) is -1.27. The third kappa shape index (κ3) is 5.53. The molecule has 13 heteroatoms. The maximum atomic E-state index is 13.0. The number of nitrogens with zero attached hydrogens (tertiary/aromatic N) is 2. The number of hydrogen-bond acceptors (Lipinski definition) is 8. The molecule has 4 aromatic rings. The van der Waals surface area contributed by atoms with Crippen LogP contribution in [0.4, 0.5) is 16.1 Å². The van der Waals surface area contributed by atoms with Crippen molar-refractivity contribution in [3.63, 3.8) is 0 Å². The van der Waals surface area contributed by atoms with E-state index in [0.29, 0.717) is 0 Å². The van der Waals surface area contributed by atoms with Crippen molar-refractivity contribution < 1.29 is 30.4 Å². The Kier molecular flexibility index (Phi) is 6.37. The van der Waals surface area contributed by atoms with Crippen molar-refractivity contribution in [1.82, 2.24) is 10.2 Å². The number of benzene rings is 3. The van der Waals surface area contributed by atoms with Crippen LogP contribution in [0.3, 0.4) is 0 Å². The van der Waals surface area contributed by atoms with Gasteiger partial charge < -0.3 is 4.42 Å². The maximum absolute atomic E-state index is 13.0. The summed E-state index contributed by atoms with van der Waals surface area (Å²) in [6, 6.07) is 15.6. The van der Waals surface area contributed by atoms with E-state index in [1.807, 2.05) is 0 Å². The number of halogens is 1. The minimum absolute atomic E-state index is 0.000190. The third-order valence-electron chi connectivity index (χ3n) is 4.69. The number of carbonyl (C=O) groups is 1. The Morgan fingerprint density at radius 2 is 1.54 bits per heavy atom. The van der Waals surface area contributed by atoms with E-state index < -0.39 is 31.6 Å². The summed E-state index contributed by atoms with van der Waals surface area (Å²) in [4.78, 5) is 12.4. The molecule has 0 saturated carbocycles. The van der Waals surface area contributed by atoms with Gasteiger partial charge in [-0.25, -0.2) is 21.2 Å². The van der Waals surface area contributed by atoms with Gasteiger partial charge in [0.05, 0.1) is 15.4 Å². The first-order valence-corrected chi connectivity index (χ1v) is 13.2. The molecule has 0 aliphatic heterocycles. The molecule has 0 aliphatic carbocycles. The van der Waals surface area contributed by atoms with Gasteiger partial charge >= 0.3 is 6.01 Å². The molecular formula is C22H17FN4O6S2. The fraction of sp³-hybridized carbons (Fsp3) is 0.0455. The quantitative estimate of drug-likeness (QED) is 0.380. The Hall–Kier alpha value is -4.10. The molecule has 180 valence electrons. The van der Waals surface area contributed by atoms with Gasteiger partial charge in [-0.2, -0.15) is 0 Å². The summed E-state index contributed by atoms with van der Waals surface area (Å²) in [6.45, 7) is 0. The normalized spacial score (nSPS) is 11.7. The zero-order valence-corrected chi connectivity index (χ0v) is 19.6. The molecule has 1 heterocycles. The summed E-state index contributed by atoms with van der Waals surface area (Å²) in [5, 5.41) is 9.93. The van der Waals surface area contributed by atoms with Gasteiger partial charge in [0.15, 0.2) is 9.84 Å². The van der Waals surface area contributed by atoms with Gasteiger partial charge in [-0.05, 0) is 60.7 Å². The Morgan fingerprint density at radius 3 is 2.20 bits per heavy atom. The molecule has 0 spiro atoms. The Labute approximate surface area is 199 Å². The molecule has 3 aromatic carbocycles. The number of sulfonamides is 1. The van der Waals surface area contributed by atoms with E-state index in [2.05, 4.69) is 20.2 Å². The summed E-state index contributed by atoms with van der Waals surface area (Å²) in [7, 11) is -7.50. The Balaban J connectivity index is 1.47. The van der Waals surface area contributed by atoms with E-state index in [1.54, 1.807) is 12.1 Å². The number of sulfone groups is 1. The van der Waals surface area contributed by atoms with Gasteiger partial charge in [-0.15, -0.1) is 5.10 Å². The minimum atomic E-state index is -3.94. The van der Waals surface area contributed by atoms with Crippen molar-refractivity contribution in [3.05, 3.63) is 84.2 Å². The predicted octanol–water partition coefficient (Wildman–Crippen LogP) is 3.33. The molecule has 1 amide bonds. The topological polar surface area (TPSA) is 148 Å². The van der Waals surface area contributed by atoms with Crippen LogP contribution in [0.5, 0.6) is 0 Å². The van der Waals surface area contributed by atoms with Crippen LogP contribution in [0.15, 0.2) is 87.0 Å². The Bertz CT molecular complexity index is 1600. The summed E-state index contributed by atoms with van der Waals surface area (Å²) < 4.78 is 69.6. The first kappa shape index (κ1) is 24.0. The van der Waals surface area contributed by atoms with E-state index in [9.17, 15) is 26.0 Å². The molecule has 0 atom stereocenters. The van der Waals surface area contributed by atoms with Gasteiger partial charge in [0, 0.05) is 17.5 Å². The SMILES string of the molecule is CS(=O)(=O)c1ccccc1-c1nnc(NC(=O)c2ccc(NS(=O)(=O)c3ccc(F)cc3)cc2)o1. The van der Waals surface area contributed by atoms with Crippen LogP contribution in [0.1, 0.15) is 10.4 Å². The zero-order valence-electron chi connectivity index (χ0n) is 18.0. The second kappa shape index (κ2) is 9.27. The van der Waals surface area contributed by atoms with E-state index in [-0.39, 0.29) is 38.5 Å². The van der Waals surface area contributed by atoms with E-state index in [0.717, 1.165) is 30.5 Å². The number of aromatic nitrogens is 2. The lowest BCUT2D eigenvalue weighted by Gasteiger charge is -2.08. The second-order valence-electron chi connectivity index (χ2n) is 7.27. The van der Waals surface area contributed by atoms with E-state index >= 15 is 0 Å². The third-order valence-corrected chi connectivity index (χ3v) is 7.24. The molecule has 4 rings (SSSR count). The summed E-state index contributed by atoms with van der Waals surface area (Å²) in [6.07, 6.45) is 1.05. The van der Waals surface area contributed by atoms with E-state index in [1.165, 1.54) is 36.4 Å². The monoisotopic (exact) mass is 516 g/mol. The van der Waals surface area contributed by atoms with Crippen LogP contribution in [0, 0.1) is 5.82 Å². The average molecular weight is 517 g/mol. The molecule has 0 saturated heterocycles. The molecule has 2 N–H and O–H groups in total. The van der Waals surface area contributed by atoms with Crippen molar-refractivity contribution in [1.29, 1.82) is 0 Å². The number of rotatable bonds is 7. The van der Waals surface area contributed by atoms with E-state index in [4.69, 9.17) is 4.42 Å². The number of hydrogen-bond donors (Lipinski definition) is 2. The highest BCUT2D eigenvalue weighted by Gasteiger charge is 2.20. The summed E-state index contributed by atoms with van der Waals surface area (Å²) in [5.41, 5.74) is 0.537. The fourth-order valence-electron chi connectivity index (χ4n) is 3.04. The Morgan fingerprint density at radius 1 is 0.886 bits per heavy atom. The van der Waals surface area contributed by atoms with Crippen LogP contribution < -0.4 is 10.0 Å². The van der Waals surface area contributed by atoms with Gasteiger partial charge in [0.1, 0.15) is 5.82 Å². The van der Waals surface area contributed by atoms with Crippen molar-refractivity contribution in [3.8, 4) is 11.5 Å². The molecule has 0 aliphatic rings. The number of carbonyl (C=O) groups excluding carboxylic acids is 1. The highest BCUT2D eigenvalue weighted by Crippen LogP contribution is 2.27. The lowest BCUT2D eigenvalue weighted by molar-refractivity contribution is 0.102. The molecule has 0 radical (unpaired) electrons. The fourth-order valence-corrected chi connectivity index (χ4v) is 4.98. The van der Waals surface area contributed by atoms with Crippen molar-refractivity contribution >= 4 is 37.5 Å². The largest absolute Gasteiger partial charge is 0.403 e. The minimum Gasteiger partial charge on any atom is -0.403 e. The molecule has 10 nitrogen and oxygen atoms in total. The highest BCUT2D eigenvalue weighted by atomic mass is 32.2. The van der Waals surface area contributed by atoms with Crippen molar-refractivity contribution in [2.24, 2.45) is 0 Å². The maximum Gasteiger partial charge on any atom is 0.322 e. The van der Waals surface area contributed by atoms with Crippen LogP contribution in [-0.2, 0) is 19.9 Å². The molecule has 0 unspecified atom stereocenters. The second-order valence-corrected chi connectivity index (χ2v) is 10.9. The van der Waals surface area contributed by atoms with Crippen molar-refractivity contribution in [2.45, 2.75) is 9.79 Å². The smallest absolute Gasteiger partial charge is 0.322 e. The zero-order chi connectivity index (χ0) is 25.2. The summed E-state index contributed by atoms with van der Waals surface area (Å²) >= 11 is 0. The molecule has 0 fully saturated rings. The van der Waals surface area contributed by atoms with Gasteiger partial charge in [-0.1, -0.05) is 17.2 Å². The first-order valence-electron chi connectivity index (χ1n) is 9.86. The number of amides is 1. The lowest BCUT2D eigenvalue weighted by Crippen LogP contribution is -2.14. The number of nitrogens with one attached hydrogen (secondary N) is 2. The van der Waals surface area contributed by atoms with Crippen molar-refractivity contribution in [2.75, 3.05) is 16.3 Å². The molecule has 1 aromatic heterocycles. The van der Waals surface area contributed by atoms with Crippen LogP contribution in [0.25, 0.3) is 11.5 Å². The highest BCUT2D eigenvalue weighted by molar-refractivity contribution is 7.92. The molecular weight excluding hydrogens is 499 g/mol. The van der Waals surface area contributed by atoms with Gasteiger partial charge in [-0.3, -0.25) is 14.8 Å². The number of anilines is 2. The predicted molar refractivity (Wildman–Crippen MR) is 124 cm³/mol.